The van der Waals surface area contributed by atoms with Gasteiger partial charge in [0.1, 0.15) is 0 Å². The van der Waals surface area contributed by atoms with Crippen LogP contribution in [0.3, 0.4) is 0 Å². The van der Waals surface area contributed by atoms with E-state index in [1.54, 1.807) is 0 Å². The molecule has 0 spiro atoms. The number of rotatable bonds is 7. The van der Waals surface area contributed by atoms with Gasteiger partial charge in [0, 0.05) is 55.7 Å². The van der Waals surface area contributed by atoms with Gasteiger partial charge in [0.25, 0.3) is 0 Å². The van der Waals surface area contributed by atoms with Crippen molar-refractivity contribution in [3.8, 4) is 0 Å². The highest BCUT2D eigenvalue weighted by molar-refractivity contribution is 7.99. The number of nitrogens with zero attached hydrogens (tertiary/aromatic N) is 1. The van der Waals surface area contributed by atoms with E-state index in [1.807, 2.05) is 0 Å². The summed E-state index contributed by atoms with van der Waals surface area (Å²) in [7, 11) is 0. The summed E-state index contributed by atoms with van der Waals surface area (Å²) in [6.45, 7) is 12.5. The fraction of sp³-hybridized carbons (Fsp3) is 1.00. The van der Waals surface area contributed by atoms with Crippen molar-refractivity contribution < 1.29 is 4.74 Å². The summed E-state index contributed by atoms with van der Waals surface area (Å²) in [5.74, 6) is 2.62. The molecule has 1 heterocycles. The van der Waals surface area contributed by atoms with Crippen molar-refractivity contribution in [1.82, 2.24) is 10.2 Å². The number of nitrogens with one attached hydrogen (secondary N) is 1. The molecule has 1 saturated carbocycles. The van der Waals surface area contributed by atoms with E-state index in [0.29, 0.717) is 17.6 Å². The number of hydrogen-bond acceptors (Lipinski definition) is 4. The van der Waals surface area contributed by atoms with Gasteiger partial charge in [-0.05, 0) is 19.8 Å². The zero-order valence-electron chi connectivity index (χ0n) is 12.8. The minimum Gasteiger partial charge on any atom is -0.378 e. The lowest BCUT2D eigenvalue weighted by Gasteiger charge is -2.54. The molecule has 2 rings (SSSR count). The molecule has 3 unspecified atom stereocenters. The van der Waals surface area contributed by atoms with Crippen LogP contribution in [0.4, 0.5) is 0 Å². The van der Waals surface area contributed by atoms with E-state index >= 15 is 0 Å². The fourth-order valence-electron chi connectivity index (χ4n) is 3.29. The van der Waals surface area contributed by atoms with Crippen LogP contribution in [0.1, 0.15) is 33.6 Å². The quantitative estimate of drug-likeness (QED) is 0.775. The topological polar surface area (TPSA) is 24.5 Å². The lowest BCUT2D eigenvalue weighted by atomic mass is 9.61. The monoisotopic (exact) mass is 286 g/mol. The molecule has 3 atom stereocenters. The van der Waals surface area contributed by atoms with Gasteiger partial charge in [-0.25, -0.2) is 0 Å². The third-order valence-electron chi connectivity index (χ3n) is 5.03. The molecule has 3 nitrogen and oxygen atoms in total. The summed E-state index contributed by atoms with van der Waals surface area (Å²) in [5.41, 5.74) is 0.341. The van der Waals surface area contributed by atoms with Crippen molar-refractivity contribution >= 4 is 11.8 Å². The van der Waals surface area contributed by atoms with E-state index in [-0.39, 0.29) is 0 Å². The zero-order valence-corrected chi connectivity index (χ0v) is 13.6. The molecule has 19 heavy (non-hydrogen) atoms. The van der Waals surface area contributed by atoms with Crippen molar-refractivity contribution in [3.05, 3.63) is 0 Å². The van der Waals surface area contributed by atoms with Crippen LogP contribution in [0.5, 0.6) is 0 Å². The van der Waals surface area contributed by atoms with Gasteiger partial charge in [-0.15, -0.1) is 0 Å². The van der Waals surface area contributed by atoms with E-state index in [4.69, 9.17) is 4.74 Å². The minimum atomic E-state index is 0.341. The predicted octanol–water partition coefficient (Wildman–Crippen LogP) is 2.22. The van der Waals surface area contributed by atoms with Crippen molar-refractivity contribution in [2.45, 2.75) is 45.8 Å². The molecule has 1 N–H and O–H groups in total. The highest BCUT2D eigenvalue weighted by Crippen LogP contribution is 2.45. The van der Waals surface area contributed by atoms with Gasteiger partial charge in [0.15, 0.2) is 0 Å². The van der Waals surface area contributed by atoms with Crippen molar-refractivity contribution in [1.29, 1.82) is 0 Å². The van der Waals surface area contributed by atoms with E-state index in [1.165, 1.54) is 44.0 Å². The Morgan fingerprint density at radius 2 is 2.05 bits per heavy atom. The second-order valence-electron chi connectivity index (χ2n) is 6.00. The molecule has 1 aliphatic carbocycles. The molecular formula is C15H30N2OS. The molecule has 0 aromatic rings. The Hall–Kier alpha value is 0.230. The first-order valence-corrected chi connectivity index (χ1v) is 9.01. The molecule has 2 fully saturated rings. The summed E-state index contributed by atoms with van der Waals surface area (Å²) >= 11 is 2.08. The Morgan fingerprint density at radius 3 is 2.68 bits per heavy atom. The molecule has 0 amide bonds. The Labute approximate surface area is 122 Å². The third-order valence-corrected chi connectivity index (χ3v) is 5.98. The van der Waals surface area contributed by atoms with Gasteiger partial charge in [-0.1, -0.05) is 13.8 Å². The normalized spacial score (nSPS) is 36.2. The van der Waals surface area contributed by atoms with Gasteiger partial charge in [-0.3, -0.25) is 0 Å². The van der Waals surface area contributed by atoms with Gasteiger partial charge < -0.3 is 15.0 Å². The van der Waals surface area contributed by atoms with Crippen LogP contribution < -0.4 is 5.32 Å². The van der Waals surface area contributed by atoms with E-state index in [9.17, 15) is 0 Å². The molecule has 0 bridgehead atoms. The molecule has 0 aromatic carbocycles. The van der Waals surface area contributed by atoms with Gasteiger partial charge in [0.2, 0.25) is 0 Å². The molecule has 1 saturated heterocycles. The smallest absolute Gasteiger partial charge is 0.0658 e. The van der Waals surface area contributed by atoms with Crippen LogP contribution in [0.25, 0.3) is 0 Å². The maximum Gasteiger partial charge on any atom is 0.0658 e. The van der Waals surface area contributed by atoms with E-state index in [2.05, 4.69) is 42.7 Å². The maximum atomic E-state index is 5.86. The van der Waals surface area contributed by atoms with Gasteiger partial charge in [0.05, 0.1) is 6.10 Å². The first kappa shape index (κ1) is 15.6. The summed E-state index contributed by atoms with van der Waals surface area (Å²) in [5, 5.41) is 3.77. The Morgan fingerprint density at radius 1 is 1.32 bits per heavy atom. The zero-order chi connectivity index (χ0) is 13.7. The SMILES string of the molecule is CCOC1CC(NCCN2CCSCC2)C1(C)CC. The molecule has 112 valence electrons. The van der Waals surface area contributed by atoms with Gasteiger partial charge >= 0.3 is 0 Å². The highest BCUT2D eigenvalue weighted by Gasteiger charge is 2.50. The number of thioether (sulfide) groups is 1. The Balaban J connectivity index is 1.68. The highest BCUT2D eigenvalue weighted by atomic mass is 32.2. The number of hydrogen-bond donors (Lipinski definition) is 1. The number of ether oxygens (including phenoxy) is 1. The summed E-state index contributed by atoms with van der Waals surface area (Å²) < 4.78 is 5.86. The first-order valence-electron chi connectivity index (χ1n) is 7.85. The van der Waals surface area contributed by atoms with Crippen molar-refractivity contribution in [2.24, 2.45) is 5.41 Å². The maximum absolute atomic E-state index is 5.86. The van der Waals surface area contributed by atoms with E-state index < -0.39 is 0 Å². The summed E-state index contributed by atoms with van der Waals surface area (Å²) in [6.07, 6.45) is 2.86. The lowest BCUT2D eigenvalue weighted by molar-refractivity contribution is -0.125. The van der Waals surface area contributed by atoms with Gasteiger partial charge in [-0.2, -0.15) is 11.8 Å². The van der Waals surface area contributed by atoms with Crippen molar-refractivity contribution in [3.63, 3.8) is 0 Å². The predicted molar refractivity (Wildman–Crippen MR) is 84.0 cm³/mol. The second-order valence-corrected chi connectivity index (χ2v) is 7.22. The van der Waals surface area contributed by atoms with Crippen LogP contribution in [-0.2, 0) is 4.74 Å². The summed E-state index contributed by atoms with van der Waals surface area (Å²) in [6, 6.07) is 0.646. The average molecular weight is 286 g/mol. The van der Waals surface area contributed by atoms with Crippen LogP contribution >= 0.6 is 11.8 Å². The molecule has 1 aliphatic heterocycles. The third kappa shape index (κ3) is 3.66. The standard InChI is InChI=1S/C15H30N2OS/c1-4-15(3)13(12-14(15)18-5-2)16-6-7-17-8-10-19-11-9-17/h13-14,16H,4-12H2,1-3H3. The fourth-order valence-corrected chi connectivity index (χ4v) is 4.27. The van der Waals surface area contributed by atoms with Crippen LogP contribution in [0.15, 0.2) is 0 Å². The van der Waals surface area contributed by atoms with Crippen LogP contribution in [-0.4, -0.2) is 61.3 Å². The largest absolute Gasteiger partial charge is 0.378 e. The first-order chi connectivity index (χ1) is 9.20. The van der Waals surface area contributed by atoms with Crippen LogP contribution in [0.2, 0.25) is 0 Å². The Bertz CT molecular complexity index is 271. The van der Waals surface area contributed by atoms with Crippen LogP contribution in [0, 0.1) is 5.41 Å². The second kappa shape index (κ2) is 7.30. The molecule has 0 radical (unpaired) electrons. The summed E-state index contributed by atoms with van der Waals surface area (Å²) in [4.78, 5) is 2.59. The molecular weight excluding hydrogens is 256 g/mol. The van der Waals surface area contributed by atoms with Crippen molar-refractivity contribution in [2.75, 3.05) is 44.3 Å². The molecule has 0 aromatic heterocycles. The lowest BCUT2D eigenvalue weighted by Crippen LogP contribution is -2.62. The average Bonchev–Trinajstić information content (AvgIpc) is 2.45. The van der Waals surface area contributed by atoms with E-state index in [0.717, 1.165) is 13.2 Å². The molecule has 2 aliphatic rings. The molecule has 4 heteroatoms. The Kier molecular flexibility index (Phi) is 6.00. The minimum absolute atomic E-state index is 0.341.